The molecule has 0 unspecified atom stereocenters. The summed E-state index contributed by atoms with van der Waals surface area (Å²) in [4.78, 5) is 25.8. The van der Waals surface area contributed by atoms with E-state index in [1.807, 2.05) is 31.2 Å². The van der Waals surface area contributed by atoms with Crippen molar-refractivity contribution < 1.29 is 14.3 Å². The van der Waals surface area contributed by atoms with E-state index in [0.717, 1.165) is 37.2 Å². The zero-order valence-electron chi connectivity index (χ0n) is 13.3. The molecule has 1 heterocycles. The third-order valence-electron chi connectivity index (χ3n) is 4.01. The number of ketones is 1. The molecule has 1 aromatic rings. The lowest BCUT2D eigenvalue weighted by molar-refractivity contribution is -0.148. The number of anilines is 1. The van der Waals surface area contributed by atoms with Crippen LogP contribution in [0.25, 0.3) is 0 Å². The van der Waals surface area contributed by atoms with E-state index in [1.165, 1.54) is 0 Å². The summed E-state index contributed by atoms with van der Waals surface area (Å²) < 4.78 is 5.09. The molecule has 5 heteroatoms. The molecule has 0 bridgehead atoms. The van der Waals surface area contributed by atoms with Crippen LogP contribution in [0.3, 0.4) is 0 Å². The predicted molar refractivity (Wildman–Crippen MR) is 86.3 cm³/mol. The van der Waals surface area contributed by atoms with Crippen LogP contribution in [-0.2, 0) is 9.53 Å². The number of hydrogen-bond acceptors (Lipinski definition) is 5. The number of rotatable bonds is 6. The van der Waals surface area contributed by atoms with E-state index in [2.05, 4.69) is 10.2 Å². The lowest BCUT2D eigenvalue weighted by atomic mass is 9.96. The monoisotopic (exact) mass is 304 g/mol. The highest BCUT2D eigenvalue weighted by atomic mass is 16.5. The van der Waals surface area contributed by atoms with E-state index in [0.29, 0.717) is 13.2 Å². The number of carbonyl (C=O) groups excluding carboxylic acids is 2. The molecule has 1 saturated heterocycles. The molecule has 0 radical (unpaired) electrons. The van der Waals surface area contributed by atoms with Crippen LogP contribution in [0.2, 0.25) is 0 Å². The Morgan fingerprint density at radius 1 is 1.23 bits per heavy atom. The van der Waals surface area contributed by atoms with E-state index in [4.69, 9.17) is 4.74 Å². The van der Waals surface area contributed by atoms with E-state index >= 15 is 0 Å². The summed E-state index contributed by atoms with van der Waals surface area (Å²) in [5.74, 6) is 0.0397. The van der Waals surface area contributed by atoms with Crippen molar-refractivity contribution in [1.29, 1.82) is 0 Å². The molecule has 0 amide bonds. The van der Waals surface area contributed by atoms with Gasteiger partial charge in [-0.15, -0.1) is 0 Å². The van der Waals surface area contributed by atoms with Crippen LogP contribution in [0.4, 0.5) is 5.69 Å². The molecule has 0 saturated carbocycles. The van der Waals surface area contributed by atoms with Gasteiger partial charge >= 0.3 is 5.97 Å². The van der Waals surface area contributed by atoms with Crippen molar-refractivity contribution in [3.63, 3.8) is 0 Å². The fourth-order valence-electron chi connectivity index (χ4n) is 2.75. The normalized spacial score (nSPS) is 15.6. The van der Waals surface area contributed by atoms with Crippen molar-refractivity contribution in [2.75, 3.05) is 38.2 Å². The minimum Gasteiger partial charge on any atom is -0.466 e. The molecule has 1 fully saturated rings. The maximum absolute atomic E-state index is 11.8. The summed E-state index contributed by atoms with van der Waals surface area (Å²) in [6.45, 7) is 4.32. The van der Waals surface area contributed by atoms with E-state index < -0.39 is 0 Å². The van der Waals surface area contributed by atoms with Crippen LogP contribution in [0.5, 0.6) is 0 Å². The first-order valence-electron chi connectivity index (χ1n) is 7.85. The second kappa shape index (κ2) is 7.94. The van der Waals surface area contributed by atoms with E-state index in [9.17, 15) is 9.59 Å². The number of benzene rings is 1. The van der Waals surface area contributed by atoms with Crippen LogP contribution in [0, 0.1) is 5.92 Å². The Bertz CT molecular complexity index is 505. The summed E-state index contributed by atoms with van der Waals surface area (Å²) in [6.07, 6.45) is 1.64. The number of Topliss-reactive ketones (excluding diaryl/α,β-unsaturated/α-hetero) is 1. The first-order chi connectivity index (χ1) is 10.7. The van der Waals surface area contributed by atoms with Crippen LogP contribution in [0.15, 0.2) is 24.3 Å². The van der Waals surface area contributed by atoms with Crippen molar-refractivity contribution >= 4 is 17.4 Å². The number of hydrogen-bond donors (Lipinski definition) is 1. The number of carbonyl (C=O) groups is 2. The number of nitrogens with one attached hydrogen (secondary N) is 1. The fourth-order valence-corrected chi connectivity index (χ4v) is 2.75. The van der Waals surface area contributed by atoms with Gasteiger partial charge in [0.2, 0.25) is 0 Å². The molecular formula is C17H24N2O3. The number of likely N-dealkylation sites (N-methyl/N-ethyl adjacent to an activating group) is 1. The number of esters is 1. The molecule has 1 aliphatic heterocycles. The zero-order valence-corrected chi connectivity index (χ0v) is 13.3. The van der Waals surface area contributed by atoms with Gasteiger partial charge in [-0.1, -0.05) is 0 Å². The first-order valence-corrected chi connectivity index (χ1v) is 7.85. The zero-order chi connectivity index (χ0) is 15.9. The number of nitrogens with zero attached hydrogens (tertiary/aromatic N) is 1. The van der Waals surface area contributed by atoms with Crippen molar-refractivity contribution in [3.8, 4) is 0 Å². The third kappa shape index (κ3) is 4.07. The Hall–Kier alpha value is -1.88. The SMILES string of the molecule is CCOC(=O)C1CCN(c2ccc(C(=O)CNC)cc2)CC1. The van der Waals surface area contributed by atoms with Crippen molar-refractivity contribution in [3.05, 3.63) is 29.8 Å². The average Bonchev–Trinajstić information content (AvgIpc) is 2.55. The Labute approximate surface area is 131 Å². The van der Waals surface area contributed by atoms with Gasteiger partial charge in [0.1, 0.15) is 0 Å². The van der Waals surface area contributed by atoms with Gasteiger partial charge in [0, 0.05) is 24.3 Å². The molecule has 5 nitrogen and oxygen atoms in total. The summed E-state index contributed by atoms with van der Waals surface area (Å²) in [7, 11) is 1.76. The molecule has 2 rings (SSSR count). The summed E-state index contributed by atoms with van der Waals surface area (Å²) in [6, 6.07) is 7.69. The van der Waals surface area contributed by atoms with Gasteiger partial charge < -0.3 is 15.0 Å². The molecule has 1 N–H and O–H groups in total. The molecule has 0 spiro atoms. The highest BCUT2D eigenvalue weighted by Crippen LogP contribution is 2.24. The van der Waals surface area contributed by atoms with Crippen molar-refractivity contribution in [1.82, 2.24) is 5.32 Å². The number of ether oxygens (including phenoxy) is 1. The first kappa shape index (κ1) is 16.5. The average molecular weight is 304 g/mol. The smallest absolute Gasteiger partial charge is 0.309 e. The lowest BCUT2D eigenvalue weighted by Crippen LogP contribution is -2.37. The Kier molecular flexibility index (Phi) is 5.95. The molecule has 0 aromatic heterocycles. The highest BCUT2D eigenvalue weighted by Gasteiger charge is 2.26. The molecule has 120 valence electrons. The van der Waals surface area contributed by atoms with Crippen molar-refractivity contribution in [2.24, 2.45) is 5.92 Å². The maximum Gasteiger partial charge on any atom is 0.309 e. The van der Waals surface area contributed by atoms with E-state index in [-0.39, 0.29) is 17.7 Å². The van der Waals surface area contributed by atoms with Crippen molar-refractivity contribution in [2.45, 2.75) is 19.8 Å². The molecule has 1 aliphatic rings. The Morgan fingerprint density at radius 3 is 2.41 bits per heavy atom. The minimum atomic E-state index is -0.0739. The third-order valence-corrected chi connectivity index (χ3v) is 4.01. The summed E-state index contributed by atoms with van der Waals surface area (Å²) >= 11 is 0. The molecule has 0 atom stereocenters. The number of piperidine rings is 1. The Balaban J connectivity index is 1.91. The van der Waals surface area contributed by atoms with Crippen LogP contribution >= 0.6 is 0 Å². The largest absolute Gasteiger partial charge is 0.466 e. The molecule has 1 aromatic carbocycles. The van der Waals surface area contributed by atoms with Gasteiger partial charge in [0.15, 0.2) is 5.78 Å². The lowest BCUT2D eigenvalue weighted by Gasteiger charge is -2.32. The van der Waals surface area contributed by atoms with E-state index in [1.54, 1.807) is 7.05 Å². The summed E-state index contributed by atoms with van der Waals surface area (Å²) in [5.41, 5.74) is 1.82. The van der Waals surface area contributed by atoms with Gasteiger partial charge in [-0.3, -0.25) is 9.59 Å². The van der Waals surface area contributed by atoms with Crippen LogP contribution in [-0.4, -0.2) is 45.0 Å². The van der Waals surface area contributed by atoms with Crippen LogP contribution in [0.1, 0.15) is 30.1 Å². The van der Waals surface area contributed by atoms with Gasteiger partial charge in [0.25, 0.3) is 0 Å². The quantitative estimate of drug-likeness (QED) is 0.642. The standard InChI is InChI=1S/C17H24N2O3/c1-3-22-17(21)14-8-10-19(11-9-14)15-6-4-13(5-7-15)16(20)12-18-2/h4-7,14,18H,3,8-12H2,1-2H3. The minimum absolute atomic E-state index is 0.0210. The Morgan fingerprint density at radius 2 is 1.86 bits per heavy atom. The van der Waals surface area contributed by atoms with Gasteiger partial charge in [-0.25, -0.2) is 0 Å². The summed E-state index contributed by atoms with van der Waals surface area (Å²) in [5, 5.41) is 2.87. The fraction of sp³-hybridized carbons (Fsp3) is 0.529. The second-order valence-corrected chi connectivity index (χ2v) is 5.51. The van der Waals surface area contributed by atoms with Gasteiger partial charge in [-0.2, -0.15) is 0 Å². The molecule has 22 heavy (non-hydrogen) atoms. The predicted octanol–water partition coefficient (Wildman–Crippen LogP) is 1.87. The topological polar surface area (TPSA) is 58.6 Å². The van der Waals surface area contributed by atoms with Crippen LogP contribution < -0.4 is 10.2 Å². The molecule has 0 aliphatic carbocycles. The molecular weight excluding hydrogens is 280 g/mol. The maximum atomic E-state index is 11.8. The van der Waals surface area contributed by atoms with Gasteiger partial charge in [0.05, 0.1) is 19.1 Å². The highest BCUT2D eigenvalue weighted by molar-refractivity contribution is 5.97. The second-order valence-electron chi connectivity index (χ2n) is 5.51. The van der Waals surface area contributed by atoms with Gasteiger partial charge in [-0.05, 0) is 51.1 Å².